The molecule has 0 radical (unpaired) electrons. The quantitative estimate of drug-likeness (QED) is 0.523. The summed E-state index contributed by atoms with van der Waals surface area (Å²) in [6, 6.07) is 0.371. The summed E-state index contributed by atoms with van der Waals surface area (Å²) in [6.07, 6.45) is 11.9. The molecular formula is C15H33NO. The van der Waals surface area contributed by atoms with Crippen molar-refractivity contribution in [1.29, 1.82) is 0 Å². The number of rotatable bonds is 12. The molecule has 0 aliphatic rings. The maximum absolute atomic E-state index is 6.11. The first-order valence-electron chi connectivity index (χ1n) is 7.45. The summed E-state index contributed by atoms with van der Waals surface area (Å²) >= 11 is 0. The number of methoxy groups -OCH3 is 1. The molecule has 0 aliphatic carbocycles. The molecule has 0 aromatic heterocycles. The Labute approximate surface area is 108 Å². The lowest BCUT2D eigenvalue weighted by Crippen LogP contribution is -2.24. The van der Waals surface area contributed by atoms with Gasteiger partial charge in [0.15, 0.2) is 0 Å². The minimum Gasteiger partial charge on any atom is -0.384 e. The maximum Gasteiger partial charge on any atom is 0.0488 e. The predicted octanol–water partition coefficient (Wildman–Crippen LogP) is 4.13. The van der Waals surface area contributed by atoms with Crippen molar-refractivity contribution in [2.45, 2.75) is 77.7 Å². The highest BCUT2D eigenvalue weighted by atomic mass is 16.5. The molecule has 2 N–H and O–H groups in total. The molecule has 17 heavy (non-hydrogen) atoms. The largest absolute Gasteiger partial charge is 0.384 e. The van der Waals surface area contributed by atoms with E-state index in [9.17, 15) is 0 Å². The monoisotopic (exact) mass is 243 g/mol. The number of hydrogen-bond acceptors (Lipinski definition) is 2. The van der Waals surface area contributed by atoms with Crippen molar-refractivity contribution in [2.75, 3.05) is 13.7 Å². The van der Waals surface area contributed by atoms with Crippen LogP contribution in [0.4, 0.5) is 0 Å². The summed E-state index contributed by atoms with van der Waals surface area (Å²) in [4.78, 5) is 0. The fraction of sp³-hybridized carbons (Fsp3) is 1.00. The summed E-state index contributed by atoms with van der Waals surface area (Å²) in [5.41, 5.74) is 6.11. The third-order valence-electron chi connectivity index (χ3n) is 3.33. The molecule has 2 atom stereocenters. The zero-order chi connectivity index (χ0) is 12.9. The Balaban J connectivity index is 3.24. The van der Waals surface area contributed by atoms with Gasteiger partial charge in [0.2, 0.25) is 0 Å². The van der Waals surface area contributed by atoms with Crippen molar-refractivity contribution in [3.8, 4) is 0 Å². The van der Waals surface area contributed by atoms with Gasteiger partial charge in [0.25, 0.3) is 0 Å². The molecule has 0 heterocycles. The Kier molecular flexibility index (Phi) is 12.3. The van der Waals surface area contributed by atoms with Gasteiger partial charge < -0.3 is 10.5 Å². The summed E-state index contributed by atoms with van der Waals surface area (Å²) < 4.78 is 5.13. The van der Waals surface area contributed by atoms with Crippen LogP contribution >= 0.6 is 0 Å². The van der Waals surface area contributed by atoms with Crippen LogP contribution < -0.4 is 5.73 Å². The Morgan fingerprint density at radius 2 is 1.59 bits per heavy atom. The molecule has 2 nitrogen and oxygen atoms in total. The second kappa shape index (κ2) is 12.4. The van der Waals surface area contributed by atoms with Crippen LogP contribution in [0.3, 0.4) is 0 Å². The van der Waals surface area contributed by atoms with E-state index < -0.39 is 0 Å². The predicted molar refractivity (Wildman–Crippen MR) is 76.2 cm³/mol. The average Bonchev–Trinajstić information content (AvgIpc) is 2.28. The van der Waals surface area contributed by atoms with Gasteiger partial charge in [-0.2, -0.15) is 0 Å². The first-order chi connectivity index (χ1) is 8.20. The third kappa shape index (κ3) is 12.2. The summed E-state index contributed by atoms with van der Waals surface area (Å²) in [5.74, 6) is 0.597. The molecule has 0 aliphatic heterocycles. The molecule has 0 rings (SSSR count). The second-order valence-corrected chi connectivity index (χ2v) is 5.47. The molecule has 0 bridgehead atoms. The normalized spacial score (nSPS) is 14.8. The van der Waals surface area contributed by atoms with Gasteiger partial charge in [0.1, 0.15) is 0 Å². The molecule has 2 heteroatoms. The average molecular weight is 243 g/mol. The SMILES string of the molecule is CCCCCCCCCC(N)CC(C)COC. The molecule has 0 saturated heterocycles. The van der Waals surface area contributed by atoms with E-state index in [4.69, 9.17) is 10.5 Å². The second-order valence-electron chi connectivity index (χ2n) is 5.47. The van der Waals surface area contributed by atoms with E-state index in [1.54, 1.807) is 7.11 Å². The van der Waals surface area contributed by atoms with E-state index in [1.165, 1.54) is 51.4 Å². The van der Waals surface area contributed by atoms with Crippen LogP contribution in [0.25, 0.3) is 0 Å². The minimum atomic E-state index is 0.371. The lowest BCUT2D eigenvalue weighted by atomic mass is 9.98. The van der Waals surface area contributed by atoms with E-state index in [1.807, 2.05) is 0 Å². The molecule has 0 amide bonds. The zero-order valence-electron chi connectivity index (χ0n) is 12.2. The molecule has 0 aromatic rings. The molecule has 0 saturated carbocycles. The van der Waals surface area contributed by atoms with Crippen LogP contribution in [0.1, 0.15) is 71.6 Å². The fourth-order valence-electron chi connectivity index (χ4n) is 2.35. The lowest BCUT2D eigenvalue weighted by Gasteiger charge is -2.16. The van der Waals surface area contributed by atoms with Gasteiger partial charge in [-0.1, -0.05) is 58.8 Å². The van der Waals surface area contributed by atoms with Gasteiger partial charge in [-0.3, -0.25) is 0 Å². The van der Waals surface area contributed by atoms with Gasteiger partial charge in [-0.05, 0) is 18.8 Å². The summed E-state index contributed by atoms with van der Waals surface area (Å²) in [6.45, 7) is 5.32. The lowest BCUT2D eigenvalue weighted by molar-refractivity contribution is 0.151. The van der Waals surface area contributed by atoms with Crippen molar-refractivity contribution >= 4 is 0 Å². The first kappa shape index (κ1) is 16.9. The molecule has 2 unspecified atom stereocenters. The highest BCUT2D eigenvalue weighted by Crippen LogP contribution is 2.13. The topological polar surface area (TPSA) is 35.2 Å². The highest BCUT2D eigenvalue weighted by Gasteiger charge is 2.08. The van der Waals surface area contributed by atoms with Crippen LogP contribution in [-0.4, -0.2) is 19.8 Å². The van der Waals surface area contributed by atoms with Gasteiger partial charge in [-0.25, -0.2) is 0 Å². The molecular weight excluding hydrogens is 210 g/mol. The van der Waals surface area contributed by atoms with Gasteiger partial charge >= 0.3 is 0 Å². The smallest absolute Gasteiger partial charge is 0.0488 e. The van der Waals surface area contributed by atoms with Crippen molar-refractivity contribution in [3.63, 3.8) is 0 Å². The first-order valence-corrected chi connectivity index (χ1v) is 7.45. The van der Waals surface area contributed by atoms with Crippen LogP contribution in [0.2, 0.25) is 0 Å². The standard InChI is InChI=1S/C15H33NO/c1-4-5-6-7-8-9-10-11-15(16)12-14(2)13-17-3/h14-15H,4-13,16H2,1-3H3. The van der Waals surface area contributed by atoms with E-state index in [0.717, 1.165) is 13.0 Å². The molecule has 0 aromatic carbocycles. The number of ether oxygens (including phenoxy) is 1. The number of unbranched alkanes of at least 4 members (excludes halogenated alkanes) is 6. The van der Waals surface area contributed by atoms with Crippen LogP contribution in [0.5, 0.6) is 0 Å². The van der Waals surface area contributed by atoms with Crippen molar-refractivity contribution < 1.29 is 4.74 Å². The van der Waals surface area contributed by atoms with Crippen LogP contribution in [-0.2, 0) is 4.74 Å². The molecule has 0 spiro atoms. The molecule has 0 fully saturated rings. The zero-order valence-corrected chi connectivity index (χ0v) is 12.2. The Morgan fingerprint density at radius 3 is 2.18 bits per heavy atom. The van der Waals surface area contributed by atoms with Crippen molar-refractivity contribution in [2.24, 2.45) is 11.7 Å². The third-order valence-corrected chi connectivity index (χ3v) is 3.33. The van der Waals surface area contributed by atoms with Crippen molar-refractivity contribution in [3.05, 3.63) is 0 Å². The Bertz CT molecular complexity index is 150. The number of nitrogens with two attached hydrogens (primary N) is 1. The highest BCUT2D eigenvalue weighted by molar-refractivity contribution is 4.65. The van der Waals surface area contributed by atoms with E-state index in [-0.39, 0.29) is 0 Å². The van der Waals surface area contributed by atoms with E-state index in [0.29, 0.717) is 12.0 Å². The fourth-order valence-corrected chi connectivity index (χ4v) is 2.35. The van der Waals surface area contributed by atoms with Crippen LogP contribution in [0, 0.1) is 5.92 Å². The van der Waals surface area contributed by atoms with E-state index in [2.05, 4.69) is 13.8 Å². The summed E-state index contributed by atoms with van der Waals surface area (Å²) in [7, 11) is 1.76. The van der Waals surface area contributed by atoms with Gasteiger partial charge in [0, 0.05) is 19.8 Å². The van der Waals surface area contributed by atoms with Crippen LogP contribution in [0.15, 0.2) is 0 Å². The van der Waals surface area contributed by atoms with Crippen molar-refractivity contribution in [1.82, 2.24) is 0 Å². The van der Waals surface area contributed by atoms with Gasteiger partial charge in [0.05, 0.1) is 0 Å². The van der Waals surface area contributed by atoms with E-state index >= 15 is 0 Å². The number of hydrogen-bond donors (Lipinski definition) is 1. The minimum absolute atomic E-state index is 0.371. The maximum atomic E-state index is 6.11. The van der Waals surface area contributed by atoms with Gasteiger partial charge in [-0.15, -0.1) is 0 Å². The Morgan fingerprint density at radius 1 is 1.00 bits per heavy atom. The molecule has 104 valence electrons. The Hall–Kier alpha value is -0.0800. The summed E-state index contributed by atoms with van der Waals surface area (Å²) in [5, 5.41) is 0.